The number of aliphatic imine (C=N–C) groups is 1. The van der Waals surface area contributed by atoms with E-state index in [-0.39, 0.29) is 28.9 Å². The maximum atomic E-state index is 12.7. The molecule has 274 valence electrons. The highest BCUT2D eigenvalue weighted by Crippen LogP contribution is 2.60. The van der Waals surface area contributed by atoms with Crippen molar-refractivity contribution in [3.05, 3.63) is 35.3 Å². The first-order valence-corrected chi connectivity index (χ1v) is 17.6. The maximum absolute atomic E-state index is 12.7. The monoisotopic (exact) mass is 750 g/mol. The van der Waals surface area contributed by atoms with Gasteiger partial charge in [0.2, 0.25) is 18.0 Å². The molecule has 6 rings (SSSR count). The number of nitrogen functional groups attached to an aromatic ring is 1. The van der Waals surface area contributed by atoms with Crippen LogP contribution in [0.4, 0.5) is 11.8 Å². The molecule has 0 aromatic carbocycles. The zero-order chi connectivity index (χ0) is 36.4. The first-order chi connectivity index (χ1) is 23.4. The normalized spacial score (nSPS) is 30.6. The third-order valence-corrected chi connectivity index (χ3v) is 10.8. The van der Waals surface area contributed by atoms with Crippen molar-refractivity contribution in [3.8, 4) is 0 Å². The van der Waals surface area contributed by atoms with E-state index in [0.717, 1.165) is 0 Å². The number of rotatable bonds is 11. The van der Waals surface area contributed by atoms with Crippen molar-refractivity contribution in [2.75, 3.05) is 26.1 Å². The molecule has 6 heterocycles. The number of imidazole rings is 2. The number of hydrogen-bond acceptors (Lipinski definition) is 17. The minimum absolute atomic E-state index is 0.0149. The average molecular weight is 751 g/mol. The Kier molecular flexibility index (Phi) is 9.54. The number of H-pyrrole nitrogens is 1. The second-order valence-electron chi connectivity index (χ2n) is 11.6. The number of hydrogen-bond donors (Lipinski definition) is 9. The van der Waals surface area contributed by atoms with Gasteiger partial charge in [0.1, 0.15) is 36.6 Å². The number of anilines is 1. The van der Waals surface area contributed by atoms with E-state index in [1.165, 1.54) is 33.5 Å². The van der Waals surface area contributed by atoms with Crippen molar-refractivity contribution in [1.82, 2.24) is 24.4 Å². The fourth-order valence-electron chi connectivity index (χ4n) is 5.98. The molecule has 3 aliphatic rings. The van der Waals surface area contributed by atoms with Crippen LogP contribution in [0.5, 0.6) is 0 Å². The number of aromatic amines is 1. The van der Waals surface area contributed by atoms with Gasteiger partial charge in [0, 0.05) is 7.11 Å². The van der Waals surface area contributed by atoms with Crippen LogP contribution in [-0.2, 0) is 50.8 Å². The summed E-state index contributed by atoms with van der Waals surface area (Å²) in [5, 5.41) is 35.0. The predicted molar refractivity (Wildman–Crippen MR) is 164 cm³/mol. The number of methoxy groups -OCH3 is 1. The number of ether oxygens (including phenoxy) is 3. The van der Waals surface area contributed by atoms with E-state index in [2.05, 4.69) is 31.2 Å². The van der Waals surface area contributed by atoms with Crippen LogP contribution in [0.2, 0.25) is 0 Å². The fraction of sp³-hybridized carbons (Fsp3) is 0.542. The Labute approximate surface area is 280 Å². The summed E-state index contributed by atoms with van der Waals surface area (Å²) in [6, 6.07) is 0. The predicted octanol–water partition coefficient (Wildman–Crippen LogP) is -3.88. The topological polar surface area (TPSA) is 330 Å². The lowest BCUT2D eigenvalue weighted by Crippen LogP contribution is -2.47. The summed E-state index contributed by atoms with van der Waals surface area (Å²) in [4.78, 5) is 43.6. The van der Waals surface area contributed by atoms with Gasteiger partial charge in [-0.1, -0.05) is 16.6 Å². The molecule has 0 aliphatic carbocycles. The van der Waals surface area contributed by atoms with E-state index >= 15 is 0 Å². The Bertz CT molecular complexity index is 2020. The SMILES string of the molecule is C=C1NC(N)=Nc2c1n(C)c[n+]2[C@@H]1OC(COP(=O)(O)OP(=O)(O)OC[C@H]2OC([n+]3cn(C)c4c(=O)[nH]c(N)nc43)[C@H](OC)[C@@H]2O)[C@@H](O)[C@H]1O. The lowest BCUT2D eigenvalue weighted by atomic mass is 10.1. The van der Waals surface area contributed by atoms with E-state index in [4.69, 9.17) is 34.7 Å². The van der Waals surface area contributed by atoms with Crippen LogP contribution in [0.25, 0.3) is 16.9 Å². The van der Waals surface area contributed by atoms with Gasteiger partial charge in [-0.15, -0.1) is 0 Å². The number of aliphatic hydroxyl groups excluding tert-OH is 3. The molecule has 2 fully saturated rings. The minimum atomic E-state index is -5.39. The Hall–Kier alpha value is -3.61. The number of aromatic nitrogens is 6. The summed E-state index contributed by atoms with van der Waals surface area (Å²) >= 11 is 0. The zero-order valence-corrected chi connectivity index (χ0v) is 28.3. The van der Waals surface area contributed by atoms with Crippen molar-refractivity contribution < 1.29 is 70.9 Å². The van der Waals surface area contributed by atoms with Gasteiger partial charge >= 0.3 is 27.1 Å². The second kappa shape index (κ2) is 13.2. The molecular formula is C24H36N10O14P2+2. The third kappa shape index (κ3) is 6.62. The molecule has 3 aromatic rings. The van der Waals surface area contributed by atoms with E-state index in [1.54, 1.807) is 18.7 Å². The Balaban J connectivity index is 1.08. The summed E-state index contributed by atoms with van der Waals surface area (Å²) in [6.45, 7) is 2.14. The van der Waals surface area contributed by atoms with Crippen molar-refractivity contribution in [1.29, 1.82) is 0 Å². The molecule has 0 bridgehead atoms. The van der Waals surface area contributed by atoms with Gasteiger partial charge in [-0.25, -0.2) is 18.3 Å². The first-order valence-electron chi connectivity index (χ1n) is 14.6. The lowest BCUT2D eigenvalue weighted by molar-refractivity contribution is -0.754. The molecule has 0 saturated carbocycles. The summed E-state index contributed by atoms with van der Waals surface area (Å²) in [5.74, 6) is 0.0706. The Morgan fingerprint density at radius 3 is 2.22 bits per heavy atom. The molecule has 50 heavy (non-hydrogen) atoms. The molecule has 26 heteroatoms. The van der Waals surface area contributed by atoms with E-state index in [1.807, 2.05) is 0 Å². The van der Waals surface area contributed by atoms with Crippen LogP contribution < -0.4 is 31.5 Å². The van der Waals surface area contributed by atoms with Gasteiger partial charge in [0.15, 0.2) is 18.3 Å². The van der Waals surface area contributed by atoms with Crippen LogP contribution in [-0.4, -0.2) is 107 Å². The number of aryl methyl sites for hydroxylation is 2. The standard InChI is InChI=1S/C24H34N10O14P2/c1-9-12-18(28-23(25)27-9)33(7-31(12)2)21-16(37)14(35)10(46-21)5-44-49(39,40)48-50(41,42)45-6-11-15(36)17(43-4)22(47-11)34-8-32(3)13-19(34)29-24(26)30-20(13)38/h7-8,10-11,14-17,21-22,35-37H,1,5-6H2,2-4H3,(H6-2,25,26,27,28,29,30,38,39,40,41,42)/p+2/t10?,11-,14-,15-,16-,17-,21-,22?/m1/s1. The fourth-order valence-corrected chi connectivity index (χ4v) is 8.07. The van der Waals surface area contributed by atoms with Gasteiger partial charge < -0.3 is 56.1 Å². The van der Waals surface area contributed by atoms with Crippen LogP contribution in [0.1, 0.15) is 18.1 Å². The number of fused-ring (bicyclic) bond motifs is 2. The number of nitrogens with one attached hydrogen (secondary N) is 2. The molecule has 3 aliphatic heterocycles. The van der Waals surface area contributed by atoms with Crippen molar-refractivity contribution in [2.24, 2.45) is 24.8 Å². The number of guanidine groups is 1. The lowest BCUT2D eigenvalue weighted by Gasteiger charge is -2.20. The number of nitrogens with two attached hydrogens (primary N) is 2. The summed E-state index contributed by atoms with van der Waals surface area (Å²) in [6.07, 6.45) is -8.06. The number of phosphoric acid groups is 2. The molecule has 0 spiro atoms. The molecule has 11 N–H and O–H groups in total. The molecule has 0 radical (unpaired) electrons. The highest BCUT2D eigenvalue weighted by molar-refractivity contribution is 7.61. The number of aliphatic hydroxyl groups is 3. The second-order valence-corrected chi connectivity index (χ2v) is 14.6. The minimum Gasteiger partial charge on any atom is -0.387 e. The van der Waals surface area contributed by atoms with E-state index in [0.29, 0.717) is 11.4 Å². The van der Waals surface area contributed by atoms with Crippen LogP contribution in [0, 0.1) is 0 Å². The summed E-state index contributed by atoms with van der Waals surface area (Å²) in [7, 11) is -6.28. The van der Waals surface area contributed by atoms with Crippen molar-refractivity contribution >= 4 is 50.2 Å². The zero-order valence-electron chi connectivity index (χ0n) is 26.5. The van der Waals surface area contributed by atoms with Crippen LogP contribution in [0.3, 0.4) is 0 Å². The molecular weight excluding hydrogens is 714 g/mol. The molecule has 24 nitrogen and oxygen atoms in total. The highest BCUT2D eigenvalue weighted by atomic mass is 31.3. The first kappa shape index (κ1) is 36.2. The quantitative estimate of drug-likeness (QED) is 0.0668. The van der Waals surface area contributed by atoms with Gasteiger partial charge in [0.25, 0.3) is 17.5 Å². The van der Waals surface area contributed by atoms with Gasteiger partial charge in [-0.05, 0) is 0 Å². The average Bonchev–Trinajstić information content (AvgIpc) is 3.71. The largest absolute Gasteiger partial charge is 0.481 e. The third-order valence-electron chi connectivity index (χ3n) is 8.17. The van der Waals surface area contributed by atoms with Gasteiger partial charge in [-0.3, -0.25) is 28.0 Å². The molecule has 2 saturated heterocycles. The van der Waals surface area contributed by atoms with E-state index in [9.17, 15) is 39.0 Å². The molecule has 3 aromatic heterocycles. The number of phosphoric ester groups is 2. The Morgan fingerprint density at radius 1 is 0.980 bits per heavy atom. The van der Waals surface area contributed by atoms with Gasteiger partial charge in [0.05, 0.1) is 33.0 Å². The summed E-state index contributed by atoms with van der Waals surface area (Å²) in [5.41, 5.74) is 12.1. The molecule has 4 unspecified atom stereocenters. The maximum Gasteiger partial charge on any atom is 0.481 e. The van der Waals surface area contributed by atoms with Gasteiger partial charge in [-0.2, -0.15) is 4.31 Å². The van der Waals surface area contributed by atoms with E-state index < -0.39 is 83.5 Å². The molecule has 0 amide bonds. The van der Waals surface area contributed by atoms with Crippen LogP contribution in [0.15, 0.2) is 29.0 Å². The smallest absolute Gasteiger partial charge is 0.387 e. The Morgan fingerprint density at radius 2 is 1.58 bits per heavy atom. The highest BCUT2D eigenvalue weighted by Gasteiger charge is 2.51. The summed E-state index contributed by atoms with van der Waals surface area (Å²) < 4.78 is 62.1. The molecule has 10 atom stereocenters. The van der Waals surface area contributed by atoms with Crippen molar-refractivity contribution in [2.45, 2.75) is 49.1 Å². The van der Waals surface area contributed by atoms with Crippen molar-refractivity contribution in [3.63, 3.8) is 0 Å². The van der Waals surface area contributed by atoms with Crippen LogP contribution >= 0.6 is 15.6 Å². The number of nitrogens with zero attached hydrogens (tertiary/aromatic N) is 6.